The van der Waals surface area contributed by atoms with Gasteiger partial charge in [-0.1, -0.05) is 47.8 Å². The fourth-order valence-electron chi connectivity index (χ4n) is 1.79. The molecule has 0 aliphatic carbocycles. The summed E-state index contributed by atoms with van der Waals surface area (Å²) >= 11 is 0. The maximum atomic E-state index is 4.60. The van der Waals surface area contributed by atoms with E-state index in [2.05, 4.69) is 62.7 Å². The molecule has 0 unspecified atom stereocenters. The van der Waals surface area contributed by atoms with E-state index in [1.807, 2.05) is 14.0 Å². The van der Waals surface area contributed by atoms with Gasteiger partial charge < -0.3 is 4.90 Å². The van der Waals surface area contributed by atoms with Gasteiger partial charge in [0.05, 0.1) is 5.71 Å². The minimum absolute atomic E-state index is 0.344. The molecule has 0 aliphatic rings. The normalized spacial score (nSPS) is 13.1. The molecular formula is C17H31N3. The average Bonchev–Trinajstić information content (AvgIpc) is 2.37. The largest absolute Gasteiger partial charge is 0.329 e. The van der Waals surface area contributed by atoms with E-state index in [1.165, 1.54) is 0 Å². The van der Waals surface area contributed by atoms with Crippen LogP contribution in [-0.2, 0) is 0 Å². The molecule has 0 bridgehead atoms. The summed E-state index contributed by atoms with van der Waals surface area (Å²) in [6.45, 7) is 21.8. The molecule has 0 radical (unpaired) electrons. The minimum atomic E-state index is 0.344. The van der Waals surface area contributed by atoms with Gasteiger partial charge in [0, 0.05) is 25.0 Å². The van der Waals surface area contributed by atoms with E-state index in [9.17, 15) is 0 Å². The minimum Gasteiger partial charge on any atom is -0.329 e. The van der Waals surface area contributed by atoms with Crippen molar-refractivity contribution >= 4 is 11.5 Å². The molecular weight excluding hydrogens is 246 g/mol. The van der Waals surface area contributed by atoms with Crippen LogP contribution in [0.3, 0.4) is 0 Å². The summed E-state index contributed by atoms with van der Waals surface area (Å²) in [5.41, 5.74) is 2.87. The Labute approximate surface area is 125 Å². The van der Waals surface area contributed by atoms with Gasteiger partial charge in [0.1, 0.15) is 5.84 Å². The van der Waals surface area contributed by atoms with Crippen molar-refractivity contribution in [2.45, 2.75) is 48.0 Å². The van der Waals surface area contributed by atoms with E-state index in [1.54, 1.807) is 0 Å². The lowest BCUT2D eigenvalue weighted by Gasteiger charge is -2.29. The SMILES string of the molecule is C=C(N=C(C)C(=NC)N(CCC)C(=C)C(C)C)C(C)C. The van der Waals surface area contributed by atoms with Gasteiger partial charge in [-0.2, -0.15) is 0 Å². The molecule has 0 amide bonds. The van der Waals surface area contributed by atoms with Crippen molar-refractivity contribution in [2.75, 3.05) is 13.6 Å². The van der Waals surface area contributed by atoms with Crippen molar-refractivity contribution in [1.82, 2.24) is 4.90 Å². The summed E-state index contributed by atoms with van der Waals surface area (Å²) in [6, 6.07) is 0. The van der Waals surface area contributed by atoms with Crippen LogP contribution in [0.2, 0.25) is 0 Å². The molecule has 3 heteroatoms. The standard InChI is InChI=1S/C17H31N3/c1-10-11-20(16(8)13(4)5)17(18-9)15(7)19-14(6)12(2)3/h12-13H,6,8,10-11H2,1-5,7,9H3. The summed E-state index contributed by atoms with van der Waals surface area (Å²) in [5.74, 6) is 1.63. The van der Waals surface area contributed by atoms with Crippen molar-refractivity contribution in [2.24, 2.45) is 21.8 Å². The van der Waals surface area contributed by atoms with Crippen molar-refractivity contribution in [1.29, 1.82) is 0 Å². The molecule has 0 aromatic carbocycles. The third-order valence-corrected chi connectivity index (χ3v) is 3.23. The molecule has 0 rings (SSSR count). The summed E-state index contributed by atoms with van der Waals surface area (Å²) in [5, 5.41) is 0. The van der Waals surface area contributed by atoms with Crippen molar-refractivity contribution in [3.8, 4) is 0 Å². The molecule has 3 nitrogen and oxygen atoms in total. The summed E-state index contributed by atoms with van der Waals surface area (Å²) in [6.07, 6.45) is 1.04. The molecule has 0 saturated heterocycles. The van der Waals surface area contributed by atoms with E-state index in [4.69, 9.17) is 0 Å². The lowest BCUT2D eigenvalue weighted by atomic mass is 10.1. The lowest BCUT2D eigenvalue weighted by molar-refractivity contribution is 0.456. The number of aliphatic imine (C=N–C) groups is 2. The van der Waals surface area contributed by atoms with E-state index >= 15 is 0 Å². The Kier molecular flexibility index (Phi) is 8.12. The molecule has 114 valence electrons. The van der Waals surface area contributed by atoms with E-state index < -0.39 is 0 Å². The highest BCUT2D eigenvalue weighted by Crippen LogP contribution is 2.16. The number of allylic oxidation sites excluding steroid dienone is 2. The monoisotopic (exact) mass is 277 g/mol. The summed E-state index contributed by atoms with van der Waals surface area (Å²) in [7, 11) is 1.81. The molecule has 0 spiro atoms. The zero-order chi connectivity index (χ0) is 15.9. The van der Waals surface area contributed by atoms with Gasteiger partial charge in [-0.3, -0.25) is 9.98 Å². The second kappa shape index (κ2) is 8.72. The van der Waals surface area contributed by atoms with Crippen molar-refractivity contribution in [3.63, 3.8) is 0 Å². The molecule has 0 N–H and O–H groups in total. The van der Waals surface area contributed by atoms with Crippen molar-refractivity contribution in [3.05, 3.63) is 24.6 Å². The molecule has 20 heavy (non-hydrogen) atoms. The number of nitrogens with zero attached hydrogens (tertiary/aromatic N) is 3. The van der Waals surface area contributed by atoms with E-state index in [-0.39, 0.29) is 0 Å². The van der Waals surface area contributed by atoms with Gasteiger partial charge in [0.15, 0.2) is 0 Å². The first kappa shape index (κ1) is 18.6. The van der Waals surface area contributed by atoms with Crippen LogP contribution in [0.25, 0.3) is 0 Å². The summed E-state index contributed by atoms with van der Waals surface area (Å²) in [4.78, 5) is 11.2. The highest BCUT2D eigenvalue weighted by Gasteiger charge is 2.18. The van der Waals surface area contributed by atoms with Gasteiger partial charge in [0.2, 0.25) is 0 Å². The second-order valence-electron chi connectivity index (χ2n) is 5.69. The van der Waals surface area contributed by atoms with Crippen LogP contribution < -0.4 is 0 Å². The lowest BCUT2D eigenvalue weighted by Crippen LogP contribution is -2.37. The molecule has 0 atom stereocenters. The summed E-state index contributed by atoms with van der Waals surface area (Å²) < 4.78 is 0. The molecule has 0 fully saturated rings. The van der Waals surface area contributed by atoms with Crippen LogP contribution in [0.4, 0.5) is 0 Å². The number of rotatable bonds is 7. The Hall–Kier alpha value is -1.38. The maximum Gasteiger partial charge on any atom is 0.149 e. The molecule has 0 aliphatic heterocycles. The molecule has 0 aromatic heterocycles. The highest BCUT2D eigenvalue weighted by atomic mass is 15.2. The number of amidine groups is 1. The Morgan fingerprint density at radius 2 is 1.65 bits per heavy atom. The smallest absolute Gasteiger partial charge is 0.149 e. The highest BCUT2D eigenvalue weighted by molar-refractivity contribution is 6.40. The Bertz CT molecular complexity index is 400. The van der Waals surface area contributed by atoms with Crippen LogP contribution in [0.15, 0.2) is 34.5 Å². The third-order valence-electron chi connectivity index (χ3n) is 3.23. The van der Waals surface area contributed by atoms with Gasteiger partial charge in [-0.15, -0.1) is 0 Å². The van der Waals surface area contributed by atoms with E-state index in [0.717, 1.165) is 35.9 Å². The Morgan fingerprint density at radius 1 is 1.10 bits per heavy atom. The van der Waals surface area contributed by atoms with E-state index in [0.29, 0.717) is 11.8 Å². The third kappa shape index (κ3) is 5.32. The Balaban J connectivity index is 5.40. The quantitative estimate of drug-likeness (QED) is 0.496. The van der Waals surface area contributed by atoms with Gasteiger partial charge in [0.25, 0.3) is 0 Å². The first-order valence-electron chi connectivity index (χ1n) is 7.43. The van der Waals surface area contributed by atoms with Crippen molar-refractivity contribution < 1.29 is 0 Å². The predicted octanol–water partition coefficient (Wildman–Crippen LogP) is 4.53. The fraction of sp³-hybridized carbons (Fsp3) is 0.647. The maximum absolute atomic E-state index is 4.60. The zero-order valence-electron chi connectivity index (χ0n) is 14.3. The topological polar surface area (TPSA) is 28.0 Å². The first-order valence-corrected chi connectivity index (χ1v) is 7.43. The molecule has 0 heterocycles. The van der Waals surface area contributed by atoms with Crippen LogP contribution in [0, 0.1) is 11.8 Å². The average molecular weight is 277 g/mol. The zero-order valence-corrected chi connectivity index (χ0v) is 14.3. The van der Waals surface area contributed by atoms with Crippen LogP contribution in [0.5, 0.6) is 0 Å². The van der Waals surface area contributed by atoms with Gasteiger partial charge in [-0.25, -0.2) is 0 Å². The Morgan fingerprint density at radius 3 is 2.00 bits per heavy atom. The molecule has 0 saturated carbocycles. The van der Waals surface area contributed by atoms with Gasteiger partial charge >= 0.3 is 0 Å². The second-order valence-corrected chi connectivity index (χ2v) is 5.69. The van der Waals surface area contributed by atoms with Crippen LogP contribution in [0.1, 0.15) is 48.0 Å². The number of hydrogen-bond acceptors (Lipinski definition) is 2. The van der Waals surface area contributed by atoms with Gasteiger partial charge in [-0.05, 0) is 25.2 Å². The fourth-order valence-corrected chi connectivity index (χ4v) is 1.79. The number of hydrogen-bond donors (Lipinski definition) is 0. The van der Waals surface area contributed by atoms with Crippen LogP contribution in [-0.4, -0.2) is 30.0 Å². The first-order chi connectivity index (χ1) is 9.26. The van der Waals surface area contributed by atoms with Crippen LogP contribution >= 0.6 is 0 Å². The molecule has 0 aromatic rings. The predicted molar refractivity (Wildman–Crippen MR) is 91.4 cm³/mol.